The number of rotatable bonds is 2. The first-order valence-corrected chi connectivity index (χ1v) is 7.42. The van der Waals surface area contributed by atoms with Gasteiger partial charge in [-0.3, -0.25) is 4.98 Å². The van der Waals surface area contributed by atoms with Gasteiger partial charge in [0.1, 0.15) is 11.3 Å². The van der Waals surface area contributed by atoms with Gasteiger partial charge in [0.05, 0.1) is 16.9 Å². The number of para-hydroxylation sites is 1. The minimum atomic E-state index is 0.193. The Morgan fingerprint density at radius 1 is 0.913 bits per heavy atom. The number of pyridine rings is 2. The number of hydrogen-bond donors (Lipinski definition) is 2. The average Bonchev–Trinajstić information content (AvgIpc) is 2.61. The van der Waals surface area contributed by atoms with Gasteiger partial charge in [-0.1, -0.05) is 24.3 Å². The fraction of sp³-hybridized carbons (Fsp3) is 0.0526. The van der Waals surface area contributed by atoms with E-state index < -0.39 is 0 Å². The zero-order valence-electron chi connectivity index (χ0n) is 12.6. The van der Waals surface area contributed by atoms with E-state index in [1.54, 1.807) is 12.3 Å². The van der Waals surface area contributed by atoms with Crippen LogP contribution in [0.3, 0.4) is 0 Å². The highest BCUT2D eigenvalue weighted by atomic mass is 16.3. The highest BCUT2D eigenvalue weighted by molar-refractivity contribution is 6.01. The molecular formula is C19H15N3O. The Kier molecular flexibility index (Phi) is 3.08. The summed E-state index contributed by atoms with van der Waals surface area (Å²) in [6, 6.07) is 17.4. The van der Waals surface area contributed by atoms with Crippen LogP contribution in [0.25, 0.3) is 33.1 Å². The summed E-state index contributed by atoms with van der Waals surface area (Å²) >= 11 is 0. The van der Waals surface area contributed by atoms with Gasteiger partial charge in [0.25, 0.3) is 0 Å². The van der Waals surface area contributed by atoms with Gasteiger partial charge in [-0.05, 0) is 30.3 Å². The minimum Gasteiger partial charge on any atom is -0.506 e. The lowest BCUT2D eigenvalue weighted by atomic mass is 10.0. The maximum atomic E-state index is 10.1. The fourth-order valence-corrected chi connectivity index (χ4v) is 2.88. The number of fused-ring (bicyclic) bond motifs is 2. The van der Waals surface area contributed by atoms with Crippen LogP contribution in [0.4, 0.5) is 5.69 Å². The van der Waals surface area contributed by atoms with E-state index in [2.05, 4.69) is 15.3 Å². The first kappa shape index (κ1) is 13.5. The molecule has 4 nitrogen and oxygen atoms in total. The van der Waals surface area contributed by atoms with Gasteiger partial charge in [-0.15, -0.1) is 0 Å². The second-order valence-electron chi connectivity index (χ2n) is 5.36. The van der Waals surface area contributed by atoms with Gasteiger partial charge in [0.15, 0.2) is 0 Å². The number of anilines is 1. The lowest BCUT2D eigenvalue weighted by Crippen LogP contribution is -1.94. The van der Waals surface area contributed by atoms with E-state index in [4.69, 9.17) is 0 Å². The van der Waals surface area contributed by atoms with Gasteiger partial charge in [-0.2, -0.15) is 0 Å². The summed E-state index contributed by atoms with van der Waals surface area (Å²) < 4.78 is 0. The average molecular weight is 301 g/mol. The molecule has 0 saturated heterocycles. The molecule has 2 aromatic carbocycles. The number of aromatic nitrogens is 2. The third-order valence-corrected chi connectivity index (χ3v) is 4.01. The van der Waals surface area contributed by atoms with Gasteiger partial charge in [0, 0.05) is 29.6 Å². The Morgan fingerprint density at radius 3 is 2.70 bits per heavy atom. The monoisotopic (exact) mass is 301 g/mol. The molecule has 23 heavy (non-hydrogen) atoms. The van der Waals surface area contributed by atoms with Crippen molar-refractivity contribution in [3.63, 3.8) is 0 Å². The number of nitrogens with one attached hydrogen (secondary N) is 1. The Hall–Kier alpha value is -3.14. The van der Waals surface area contributed by atoms with Crippen molar-refractivity contribution >= 4 is 27.5 Å². The molecule has 0 unspecified atom stereocenters. The molecule has 4 heteroatoms. The van der Waals surface area contributed by atoms with Crippen molar-refractivity contribution in [3.05, 3.63) is 60.8 Å². The third-order valence-electron chi connectivity index (χ3n) is 4.01. The van der Waals surface area contributed by atoms with Crippen LogP contribution in [-0.2, 0) is 0 Å². The summed E-state index contributed by atoms with van der Waals surface area (Å²) in [5, 5.41) is 15.2. The van der Waals surface area contributed by atoms with Crippen molar-refractivity contribution in [2.45, 2.75) is 0 Å². The maximum absolute atomic E-state index is 10.1. The molecule has 0 spiro atoms. The van der Waals surface area contributed by atoms with E-state index in [9.17, 15) is 5.11 Å². The number of phenols is 1. The SMILES string of the molecule is CNc1ccc(-c2ccc3cccc(O)c3n2)c2cccnc12. The smallest absolute Gasteiger partial charge is 0.141 e. The summed E-state index contributed by atoms with van der Waals surface area (Å²) in [5.74, 6) is 0.193. The molecule has 0 aliphatic carbocycles. The highest BCUT2D eigenvalue weighted by Crippen LogP contribution is 2.33. The van der Waals surface area contributed by atoms with E-state index in [0.29, 0.717) is 5.52 Å². The first-order valence-electron chi connectivity index (χ1n) is 7.42. The Balaban J connectivity index is 2.01. The maximum Gasteiger partial charge on any atom is 0.141 e. The van der Waals surface area contributed by atoms with Gasteiger partial charge >= 0.3 is 0 Å². The number of aromatic hydroxyl groups is 1. The number of hydrogen-bond acceptors (Lipinski definition) is 4. The third kappa shape index (κ3) is 2.16. The van der Waals surface area contributed by atoms with Crippen LogP contribution >= 0.6 is 0 Å². The standard InChI is InChI=1S/C19H15N3O/c1-20-16-10-8-13(14-5-3-11-21-19(14)16)15-9-7-12-4-2-6-17(23)18(12)22-15/h2-11,20,23H,1H3. The van der Waals surface area contributed by atoms with Crippen LogP contribution in [0.5, 0.6) is 5.75 Å². The predicted molar refractivity (Wildman–Crippen MR) is 93.7 cm³/mol. The summed E-state index contributed by atoms with van der Waals surface area (Å²) in [5.41, 5.74) is 4.32. The molecule has 4 aromatic rings. The molecule has 112 valence electrons. The van der Waals surface area contributed by atoms with Crippen LogP contribution in [-0.4, -0.2) is 22.1 Å². The van der Waals surface area contributed by atoms with Gasteiger partial charge in [0.2, 0.25) is 0 Å². The van der Waals surface area contributed by atoms with Crippen LogP contribution in [0.15, 0.2) is 60.8 Å². The van der Waals surface area contributed by atoms with E-state index in [-0.39, 0.29) is 5.75 Å². The van der Waals surface area contributed by atoms with E-state index >= 15 is 0 Å². The highest BCUT2D eigenvalue weighted by Gasteiger charge is 2.10. The molecular weight excluding hydrogens is 286 g/mol. The minimum absolute atomic E-state index is 0.193. The van der Waals surface area contributed by atoms with Crippen LogP contribution in [0, 0.1) is 0 Å². The van der Waals surface area contributed by atoms with Crippen LogP contribution in [0.2, 0.25) is 0 Å². The fourth-order valence-electron chi connectivity index (χ4n) is 2.88. The molecule has 0 amide bonds. The second kappa shape index (κ2) is 5.25. The molecule has 0 aliphatic rings. The first-order chi connectivity index (χ1) is 11.3. The zero-order valence-corrected chi connectivity index (χ0v) is 12.6. The van der Waals surface area contributed by atoms with Crippen LogP contribution < -0.4 is 5.32 Å². The molecule has 2 heterocycles. The van der Waals surface area contributed by atoms with Crippen molar-refractivity contribution in [1.82, 2.24) is 9.97 Å². The lowest BCUT2D eigenvalue weighted by molar-refractivity contribution is 0.480. The van der Waals surface area contributed by atoms with E-state index in [0.717, 1.165) is 33.2 Å². The second-order valence-corrected chi connectivity index (χ2v) is 5.36. The lowest BCUT2D eigenvalue weighted by Gasteiger charge is -2.10. The molecule has 0 fully saturated rings. The van der Waals surface area contributed by atoms with Crippen molar-refractivity contribution < 1.29 is 5.11 Å². The molecule has 0 bridgehead atoms. The summed E-state index contributed by atoms with van der Waals surface area (Å²) in [6.07, 6.45) is 1.78. The van der Waals surface area contributed by atoms with Crippen molar-refractivity contribution in [2.24, 2.45) is 0 Å². The summed E-state index contributed by atoms with van der Waals surface area (Å²) in [6.45, 7) is 0. The Labute approximate surface area is 133 Å². The van der Waals surface area contributed by atoms with Crippen molar-refractivity contribution in [3.8, 4) is 17.0 Å². The van der Waals surface area contributed by atoms with Crippen molar-refractivity contribution in [2.75, 3.05) is 12.4 Å². The van der Waals surface area contributed by atoms with Crippen LogP contribution in [0.1, 0.15) is 0 Å². The van der Waals surface area contributed by atoms with E-state index in [1.807, 2.05) is 55.6 Å². The number of nitrogens with zero attached hydrogens (tertiary/aromatic N) is 2. The molecule has 2 N–H and O–H groups in total. The molecule has 2 aromatic heterocycles. The normalized spacial score (nSPS) is 11.0. The molecule has 4 rings (SSSR count). The topological polar surface area (TPSA) is 58.0 Å². The Morgan fingerprint density at radius 2 is 1.83 bits per heavy atom. The summed E-state index contributed by atoms with van der Waals surface area (Å²) in [4.78, 5) is 9.13. The number of benzene rings is 2. The molecule has 0 radical (unpaired) electrons. The Bertz CT molecular complexity index is 1030. The predicted octanol–water partition coefficient (Wildman–Crippen LogP) is 4.20. The largest absolute Gasteiger partial charge is 0.506 e. The summed E-state index contributed by atoms with van der Waals surface area (Å²) in [7, 11) is 1.88. The van der Waals surface area contributed by atoms with Gasteiger partial charge < -0.3 is 10.4 Å². The van der Waals surface area contributed by atoms with Crippen molar-refractivity contribution in [1.29, 1.82) is 0 Å². The molecule has 0 saturated carbocycles. The quantitative estimate of drug-likeness (QED) is 0.582. The zero-order chi connectivity index (χ0) is 15.8. The van der Waals surface area contributed by atoms with E-state index in [1.165, 1.54) is 0 Å². The van der Waals surface area contributed by atoms with Gasteiger partial charge in [-0.25, -0.2) is 4.98 Å². The molecule has 0 aliphatic heterocycles. The molecule has 0 atom stereocenters. The number of phenolic OH excluding ortho intramolecular Hbond substituents is 1.